The fraction of sp³-hybridized carbons (Fsp3) is 0.600. The molecule has 0 N–H and O–H groups in total. The predicted octanol–water partition coefficient (Wildman–Crippen LogP) is 4.50. The molecule has 0 saturated heterocycles. The monoisotopic (exact) mass is 272 g/mol. The van der Waals surface area contributed by atoms with Gasteiger partial charge in [-0.1, -0.05) is 32.9 Å². The molecule has 1 aromatic carbocycles. The maximum Gasteiger partial charge on any atom is 0.401 e. The van der Waals surface area contributed by atoms with E-state index in [2.05, 4.69) is 0 Å². The Bertz CT molecular complexity index is 511. The summed E-state index contributed by atoms with van der Waals surface area (Å²) >= 11 is 0. The molecule has 0 amide bonds. The summed E-state index contributed by atoms with van der Waals surface area (Å²) in [4.78, 5) is 0. The molecule has 0 aliphatic carbocycles. The molecule has 19 heavy (non-hydrogen) atoms. The highest BCUT2D eigenvalue weighted by Gasteiger charge is 2.58. The SMILES string of the molecule is Cc1ccc(C(C)(C)C)c2c1OCC2(C)C(F)(F)F. The molecular weight excluding hydrogens is 253 g/mol. The summed E-state index contributed by atoms with van der Waals surface area (Å²) < 4.78 is 45.7. The van der Waals surface area contributed by atoms with E-state index < -0.39 is 11.6 Å². The molecule has 0 saturated carbocycles. The lowest BCUT2D eigenvalue weighted by Crippen LogP contribution is -2.42. The van der Waals surface area contributed by atoms with Gasteiger partial charge in [0.1, 0.15) is 17.8 Å². The van der Waals surface area contributed by atoms with Crippen molar-refractivity contribution in [2.24, 2.45) is 0 Å². The highest BCUT2D eigenvalue weighted by Crippen LogP contribution is 2.53. The highest BCUT2D eigenvalue weighted by atomic mass is 19.4. The fourth-order valence-corrected chi connectivity index (χ4v) is 2.56. The zero-order valence-corrected chi connectivity index (χ0v) is 11.9. The van der Waals surface area contributed by atoms with Gasteiger partial charge in [-0.25, -0.2) is 0 Å². The van der Waals surface area contributed by atoms with Crippen molar-refractivity contribution in [3.8, 4) is 5.75 Å². The summed E-state index contributed by atoms with van der Waals surface area (Å²) in [5.74, 6) is 0.409. The first-order chi connectivity index (χ1) is 8.48. The minimum atomic E-state index is -4.31. The standard InChI is InChI=1S/C15H19F3O/c1-9-6-7-10(13(2,3)4)11-12(9)19-8-14(11,5)15(16,17)18/h6-7H,8H2,1-5H3. The quantitative estimate of drug-likeness (QED) is 0.675. The molecular formula is C15H19F3O. The van der Waals surface area contributed by atoms with Gasteiger partial charge >= 0.3 is 6.18 Å². The molecule has 1 heterocycles. The maximum atomic E-state index is 13.4. The van der Waals surface area contributed by atoms with E-state index in [1.807, 2.05) is 26.8 Å². The van der Waals surface area contributed by atoms with Crippen molar-refractivity contribution < 1.29 is 17.9 Å². The van der Waals surface area contributed by atoms with Gasteiger partial charge in [-0.2, -0.15) is 13.2 Å². The van der Waals surface area contributed by atoms with Crippen molar-refractivity contribution in [2.75, 3.05) is 6.61 Å². The van der Waals surface area contributed by atoms with Gasteiger partial charge in [0.15, 0.2) is 0 Å². The van der Waals surface area contributed by atoms with Gasteiger partial charge in [0, 0.05) is 5.56 Å². The molecule has 4 heteroatoms. The van der Waals surface area contributed by atoms with Gasteiger partial charge in [0.25, 0.3) is 0 Å². The number of benzene rings is 1. The fourth-order valence-electron chi connectivity index (χ4n) is 2.56. The van der Waals surface area contributed by atoms with Crippen LogP contribution in [-0.4, -0.2) is 12.8 Å². The molecule has 0 radical (unpaired) electrons. The van der Waals surface area contributed by atoms with Crippen LogP contribution in [0.5, 0.6) is 5.75 Å². The van der Waals surface area contributed by atoms with Crippen molar-refractivity contribution >= 4 is 0 Å². The van der Waals surface area contributed by atoms with Gasteiger partial charge in [-0.05, 0) is 30.4 Å². The average Bonchev–Trinajstić information content (AvgIpc) is 2.57. The Labute approximate surface area is 111 Å². The lowest BCUT2D eigenvalue weighted by atomic mass is 9.73. The summed E-state index contributed by atoms with van der Waals surface area (Å²) in [6, 6.07) is 3.63. The minimum absolute atomic E-state index is 0.313. The number of halogens is 3. The second-order valence-corrected chi connectivity index (χ2v) is 6.50. The number of aryl methyl sites for hydroxylation is 1. The first-order valence-corrected chi connectivity index (χ1v) is 6.32. The van der Waals surface area contributed by atoms with Crippen molar-refractivity contribution in [2.45, 2.75) is 51.6 Å². The molecule has 0 fully saturated rings. The topological polar surface area (TPSA) is 9.23 Å². The number of alkyl halides is 3. The Morgan fingerprint density at radius 2 is 1.74 bits per heavy atom. The van der Waals surface area contributed by atoms with Gasteiger partial charge in [-0.15, -0.1) is 0 Å². The van der Waals surface area contributed by atoms with E-state index >= 15 is 0 Å². The molecule has 1 unspecified atom stereocenters. The largest absolute Gasteiger partial charge is 0.492 e. The second kappa shape index (κ2) is 3.90. The first-order valence-electron chi connectivity index (χ1n) is 6.32. The molecule has 1 aliphatic heterocycles. The zero-order valence-electron chi connectivity index (χ0n) is 11.9. The van der Waals surface area contributed by atoms with E-state index in [4.69, 9.17) is 4.74 Å². The van der Waals surface area contributed by atoms with Crippen molar-refractivity contribution in [3.63, 3.8) is 0 Å². The molecule has 1 nitrogen and oxygen atoms in total. The smallest absolute Gasteiger partial charge is 0.401 e. The highest BCUT2D eigenvalue weighted by molar-refractivity contribution is 5.55. The van der Waals surface area contributed by atoms with Gasteiger partial charge < -0.3 is 4.74 Å². The van der Waals surface area contributed by atoms with Crippen LogP contribution in [0.2, 0.25) is 0 Å². The van der Waals surface area contributed by atoms with E-state index in [-0.39, 0.29) is 12.0 Å². The van der Waals surface area contributed by atoms with E-state index in [1.165, 1.54) is 6.92 Å². The third kappa shape index (κ3) is 2.01. The summed E-state index contributed by atoms with van der Waals surface area (Å²) in [6.07, 6.45) is -4.31. The number of fused-ring (bicyclic) bond motifs is 1. The second-order valence-electron chi connectivity index (χ2n) is 6.50. The molecule has 0 spiro atoms. The summed E-state index contributed by atoms with van der Waals surface area (Å²) in [5, 5.41) is 0. The van der Waals surface area contributed by atoms with E-state index in [1.54, 1.807) is 13.0 Å². The Balaban J connectivity index is 2.77. The van der Waals surface area contributed by atoms with E-state index in [9.17, 15) is 13.2 Å². The predicted molar refractivity (Wildman–Crippen MR) is 68.8 cm³/mol. The van der Waals surface area contributed by atoms with Crippen molar-refractivity contribution in [1.29, 1.82) is 0 Å². The number of hydrogen-bond acceptors (Lipinski definition) is 1. The van der Waals surface area contributed by atoms with Crippen LogP contribution in [0.15, 0.2) is 12.1 Å². The van der Waals surface area contributed by atoms with E-state index in [0.29, 0.717) is 16.9 Å². The lowest BCUT2D eigenvalue weighted by Gasteiger charge is -2.31. The van der Waals surface area contributed by atoms with Crippen LogP contribution in [0.25, 0.3) is 0 Å². The number of hydrogen-bond donors (Lipinski definition) is 0. The summed E-state index contributed by atoms with van der Waals surface area (Å²) in [5.41, 5.74) is -0.483. The van der Waals surface area contributed by atoms with Crippen LogP contribution in [0.4, 0.5) is 13.2 Å². The third-order valence-corrected chi connectivity index (χ3v) is 3.85. The Morgan fingerprint density at radius 3 is 2.21 bits per heavy atom. The molecule has 1 aromatic rings. The Hall–Kier alpha value is -1.19. The lowest BCUT2D eigenvalue weighted by molar-refractivity contribution is -0.187. The molecule has 0 aromatic heterocycles. The van der Waals surface area contributed by atoms with Crippen molar-refractivity contribution in [1.82, 2.24) is 0 Å². The van der Waals surface area contributed by atoms with Gasteiger partial charge in [-0.3, -0.25) is 0 Å². The number of ether oxygens (including phenoxy) is 1. The summed E-state index contributed by atoms with van der Waals surface area (Å²) in [7, 11) is 0. The van der Waals surface area contributed by atoms with Crippen molar-refractivity contribution in [3.05, 3.63) is 28.8 Å². The Kier molecular flexibility index (Phi) is 2.92. The summed E-state index contributed by atoms with van der Waals surface area (Å²) in [6.45, 7) is 8.45. The van der Waals surface area contributed by atoms with Crippen LogP contribution >= 0.6 is 0 Å². The average molecular weight is 272 g/mol. The maximum absolute atomic E-state index is 13.4. The van der Waals surface area contributed by atoms with E-state index in [0.717, 1.165) is 5.56 Å². The van der Waals surface area contributed by atoms with Crippen LogP contribution in [0.3, 0.4) is 0 Å². The first kappa shape index (κ1) is 14.2. The van der Waals surface area contributed by atoms with Gasteiger partial charge in [0.05, 0.1) is 0 Å². The Morgan fingerprint density at radius 1 is 1.16 bits per heavy atom. The normalized spacial score (nSPS) is 23.2. The van der Waals surface area contributed by atoms with Crippen LogP contribution in [0, 0.1) is 6.92 Å². The van der Waals surface area contributed by atoms with Gasteiger partial charge in [0.2, 0.25) is 0 Å². The van der Waals surface area contributed by atoms with Crippen LogP contribution in [-0.2, 0) is 10.8 Å². The minimum Gasteiger partial charge on any atom is -0.492 e. The number of rotatable bonds is 0. The molecule has 0 bridgehead atoms. The van der Waals surface area contributed by atoms with Crippen LogP contribution in [0.1, 0.15) is 44.4 Å². The molecule has 1 atom stereocenters. The third-order valence-electron chi connectivity index (χ3n) is 3.85. The molecule has 1 aliphatic rings. The zero-order chi connectivity index (χ0) is 14.6. The molecule has 2 rings (SSSR count). The molecule has 106 valence electrons. The van der Waals surface area contributed by atoms with Crippen LogP contribution < -0.4 is 4.74 Å².